The van der Waals surface area contributed by atoms with E-state index in [1.807, 2.05) is 38.1 Å². The lowest BCUT2D eigenvalue weighted by atomic mass is 10.0. The Kier molecular flexibility index (Phi) is 5.68. The van der Waals surface area contributed by atoms with Crippen LogP contribution >= 0.6 is 0 Å². The van der Waals surface area contributed by atoms with Gasteiger partial charge in [0, 0.05) is 43.9 Å². The standard InChI is InChI=1S/C19H24N4O3/c1-3-26-12-17(24)23-8-7-16-15(11-23)18(22-21-16)19(25)20-10-14-6-4-5-13(2)9-14/h4-6,9H,3,7-8,10-12H2,1-2H3,(H,20,25)(H,21,22). The normalized spacial score (nSPS) is 13.4. The van der Waals surface area contributed by atoms with E-state index in [9.17, 15) is 9.59 Å². The fourth-order valence-corrected chi connectivity index (χ4v) is 3.06. The molecule has 138 valence electrons. The van der Waals surface area contributed by atoms with Crippen molar-refractivity contribution in [2.24, 2.45) is 0 Å². The van der Waals surface area contributed by atoms with Crippen molar-refractivity contribution < 1.29 is 14.3 Å². The molecule has 1 aliphatic heterocycles. The van der Waals surface area contributed by atoms with Gasteiger partial charge >= 0.3 is 0 Å². The quantitative estimate of drug-likeness (QED) is 0.822. The molecule has 0 aliphatic carbocycles. The minimum absolute atomic E-state index is 0.0650. The zero-order valence-corrected chi connectivity index (χ0v) is 15.2. The molecule has 0 atom stereocenters. The molecule has 1 aliphatic rings. The smallest absolute Gasteiger partial charge is 0.272 e. The average Bonchev–Trinajstić information content (AvgIpc) is 3.07. The molecule has 2 heterocycles. The molecule has 0 radical (unpaired) electrons. The lowest BCUT2D eigenvalue weighted by Crippen LogP contribution is -2.38. The number of benzene rings is 1. The lowest BCUT2D eigenvalue weighted by molar-refractivity contribution is -0.136. The highest BCUT2D eigenvalue weighted by Crippen LogP contribution is 2.20. The van der Waals surface area contributed by atoms with Gasteiger partial charge in [0.05, 0.1) is 0 Å². The first kappa shape index (κ1) is 18.1. The van der Waals surface area contributed by atoms with Gasteiger partial charge in [0.25, 0.3) is 5.91 Å². The van der Waals surface area contributed by atoms with Gasteiger partial charge in [-0.05, 0) is 19.4 Å². The van der Waals surface area contributed by atoms with E-state index >= 15 is 0 Å². The van der Waals surface area contributed by atoms with E-state index in [2.05, 4.69) is 15.5 Å². The Bertz CT molecular complexity index is 800. The predicted molar refractivity (Wildman–Crippen MR) is 96.6 cm³/mol. The van der Waals surface area contributed by atoms with Crippen molar-refractivity contribution in [2.45, 2.75) is 33.4 Å². The maximum Gasteiger partial charge on any atom is 0.272 e. The minimum Gasteiger partial charge on any atom is -0.372 e. The Morgan fingerprint density at radius 1 is 1.38 bits per heavy atom. The summed E-state index contributed by atoms with van der Waals surface area (Å²) in [5.74, 6) is -0.298. The summed E-state index contributed by atoms with van der Waals surface area (Å²) in [5.41, 5.74) is 4.27. The molecule has 2 N–H and O–H groups in total. The van der Waals surface area contributed by atoms with Crippen LogP contribution in [0.1, 0.15) is 39.8 Å². The number of aromatic nitrogens is 2. The minimum atomic E-state index is -0.233. The number of nitrogens with zero attached hydrogens (tertiary/aromatic N) is 2. The number of carbonyl (C=O) groups is 2. The second-order valence-corrected chi connectivity index (χ2v) is 6.40. The van der Waals surface area contributed by atoms with Crippen LogP contribution in [-0.4, -0.2) is 46.7 Å². The highest BCUT2D eigenvalue weighted by molar-refractivity contribution is 5.94. The van der Waals surface area contributed by atoms with Crippen LogP contribution in [0, 0.1) is 6.92 Å². The number of amides is 2. The molecule has 26 heavy (non-hydrogen) atoms. The van der Waals surface area contributed by atoms with Gasteiger partial charge in [0.2, 0.25) is 5.91 Å². The second-order valence-electron chi connectivity index (χ2n) is 6.40. The van der Waals surface area contributed by atoms with Gasteiger partial charge in [-0.1, -0.05) is 29.8 Å². The van der Waals surface area contributed by atoms with Crippen molar-refractivity contribution >= 4 is 11.8 Å². The van der Waals surface area contributed by atoms with Crippen LogP contribution in [0.2, 0.25) is 0 Å². The van der Waals surface area contributed by atoms with Gasteiger partial charge in [0.15, 0.2) is 5.69 Å². The van der Waals surface area contributed by atoms with Crippen LogP contribution < -0.4 is 5.32 Å². The largest absolute Gasteiger partial charge is 0.372 e. The first-order valence-corrected chi connectivity index (χ1v) is 8.84. The molecule has 1 aromatic heterocycles. The van der Waals surface area contributed by atoms with E-state index in [4.69, 9.17) is 4.74 Å². The number of ether oxygens (including phenoxy) is 1. The van der Waals surface area contributed by atoms with E-state index in [1.165, 1.54) is 0 Å². The number of carbonyl (C=O) groups excluding carboxylic acids is 2. The van der Waals surface area contributed by atoms with E-state index in [1.54, 1.807) is 4.90 Å². The van der Waals surface area contributed by atoms with Crippen molar-refractivity contribution in [1.29, 1.82) is 0 Å². The molecule has 2 amide bonds. The summed E-state index contributed by atoms with van der Waals surface area (Å²) >= 11 is 0. The molecule has 0 fully saturated rings. The highest BCUT2D eigenvalue weighted by atomic mass is 16.5. The van der Waals surface area contributed by atoms with Crippen molar-refractivity contribution in [2.75, 3.05) is 19.8 Å². The second kappa shape index (κ2) is 8.14. The summed E-state index contributed by atoms with van der Waals surface area (Å²) in [6.07, 6.45) is 0.658. The molecule has 7 nitrogen and oxygen atoms in total. The third kappa shape index (κ3) is 4.11. The van der Waals surface area contributed by atoms with Crippen LogP contribution in [0.5, 0.6) is 0 Å². The SMILES string of the molecule is CCOCC(=O)N1CCc2[nH]nc(C(=O)NCc3cccc(C)c3)c2C1. The molecule has 0 unspecified atom stereocenters. The average molecular weight is 356 g/mol. The fraction of sp³-hybridized carbons (Fsp3) is 0.421. The van der Waals surface area contributed by atoms with Crippen LogP contribution in [0.4, 0.5) is 0 Å². The summed E-state index contributed by atoms with van der Waals surface area (Å²) in [7, 11) is 0. The van der Waals surface area contributed by atoms with E-state index < -0.39 is 0 Å². The third-order valence-electron chi connectivity index (χ3n) is 4.47. The Labute approximate surface area is 152 Å². The van der Waals surface area contributed by atoms with Crippen LogP contribution in [-0.2, 0) is 29.0 Å². The molecule has 2 aromatic rings. The van der Waals surface area contributed by atoms with Crippen molar-refractivity contribution in [3.8, 4) is 0 Å². The van der Waals surface area contributed by atoms with Crippen molar-refractivity contribution in [3.05, 3.63) is 52.3 Å². The van der Waals surface area contributed by atoms with Crippen molar-refractivity contribution in [1.82, 2.24) is 20.4 Å². The van der Waals surface area contributed by atoms with Crippen LogP contribution in [0.3, 0.4) is 0 Å². The molecular weight excluding hydrogens is 332 g/mol. The number of fused-ring (bicyclic) bond motifs is 1. The summed E-state index contributed by atoms with van der Waals surface area (Å²) in [6, 6.07) is 7.99. The molecule has 1 aromatic carbocycles. The van der Waals surface area contributed by atoms with Gasteiger partial charge in [-0.2, -0.15) is 5.10 Å². The third-order valence-corrected chi connectivity index (χ3v) is 4.47. The molecule has 0 saturated heterocycles. The molecule has 0 saturated carbocycles. The van der Waals surface area contributed by atoms with Crippen LogP contribution in [0.15, 0.2) is 24.3 Å². The Hall–Kier alpha value is -2.67. The number of nitrogens with one attached hydrogen (secondary N) is 2. The first-order valence-electron chi connectivity index (χ1n) is 8.84. The first-order chi connectivity index (χ1) is 12.6. The van der Waals surface area contributed by atoms with Crippen LogP contribution in [0.25, 0.3) is 0 Å². The summed E-state index contributed by atoms with van der Waals surface area (Å²) in [6.45, 7) is 5.87. The molecular formula is C19H24N4O3. The highest BCUT2D eigenvalue weighted by Gasteiger charge is 2.27. The zero-order valence-electron chi connectivity index (χ0n) is 15.2. The zero-order chi connectivity index (χ0) is 18.5. The van der Waals surface area contributed by atoms with Gasteiger partial charge in [0.1, 0.15) is 6.61 Å². The van der Waals surface area contributed by atoms with E-state index in [-0.39, 0.29) is 18.4 Å². The Morgan fingerprint density at radius 2 is 2.23 bits per heavy atom. The fourth-order valence-electron chi connectivity index (χ4n) is 3.06. The molecule has 3 rings (SSSR count). The number of aromatic amines is 1. The molecule has 0 spiro atoms. The Morgan fingerprint density at radius 3 is 3.00 bits per heavy atom. The van der Waals surface area contributed by atoms with E-state index in [0.29, 0.717) is 38.4 Å². The predicted octanol–water partition coefficient (Wildman–Crippen LogP) is 1.57. The number of rotatable bonds is 6. The summed E-state index contributed by atoms with van der Waals surface area (Å²) in [5, 5.41) is 10.0. The van der Waals surface area contributed by atoms with Gasteiger partial charge in [-0.3, -0.25) is 14.7 Å². The maximum atomic E-state index is 12.6. The maximum absolute atomic E-state index is 12.6. The lowest BCUT2D eigenvalue weighted by Gasteiger charge is -2.27. The monoisotopic (exact) mass is 356 g/mol. The summed E-state index contributed by atoms with van der Waals surface area (Å²) < 4.78 is 5.20. The molecule has 7 heteroatoms. The van der Waals surface area contributed by atoms with E-state index in [0.717, 1.165) is 22.4 Å². The van der Waals surface area contributed by atoms with Gasteiger partial charge in [-0.15, -0.1) is 0 Å². The topological polar surface area (TPSA) is 87.3 Å². The van der Waals surface area contributed by atoms with Gasteiger partial charge < -0.3 is 15.0 Å². The van der Waals surface area contributed by atoms with Gasteiger partial charge in [-0.25, -0.2) is 0 Å². The number of H-pyrrole nitrogens is 1. The number of hydrogen-bond donors (Lipinski definition) is 2. The Balaban J connectivity index is 1.66. The number of hydrogen-bond acceptors (Lipinski definition) is 4. The molecule has 0 bridgehead atoms. The van der Waals surface area contributed by atoms with Crippen molar-refractivity contribution in [3.63, 3.8) is 0 Å². The summed E-state index contributed by atoms with van der Waals surface area (Å²) in [4.78, 5) is 26.5. The number of aryl methyl sites for hydroxylation is 1.